The van der Waals surface area contributed by atoms with E-state index in [1.807, 2.05) is 5.32 Å². The SMILES string of the molecule is CCN(C(=O)c1ccc(F)c(C(F)(F)F)c1)c1cccc(C(=O)Nc2c(C)cc(C(F)(C(F)(F)F)C(F)(F)F)cc2OC(F)F)c1OC. The molecule has 0 aliphatic rings. The Bertz CT molecular complexity index is 1670. The van der Waals surface area contributed by atoms with E-state index in [0.717, 1.165) is 37.1 Å². The number of ether oxygens (including phenoxy) is 2. The molecule has 0 aliphatic heterocycles. The summed E-state index contributed by atoms with van der Waals surface area (Å²) in [5.41, 5.74) is -13.1. The second-order valence-corrected chi connectivity index (χ2v) is 9.75. The minimum Gasteiger partial charge on any atom is -0.494 e. The normalized spacial score (nSPS) is 12.6. The number of carbonyl (C=O) groups is 2. The molecule has 262 valence electrons. The number of anilines is 2. The molecule has 0 radical (unpaired) electrons. The summed E-state index contributed by atoms with van der Waals surface area (Å²) in [4.78, 5) is 27.4. The molecular formula is C29H21F13N2O4. The summed E-state index contributed by atoms with van der Waals surface area (Å²) in [6.07, 6.45) is -18.4. The van der Waals surface area contributed by atoms with Crippen molar-refractivity contribution in [3.63, 3.8) is 0 Å². The van der Waals surface area contributed by atoms with Gasteiger partial charge in [-0.15, -0.1) is 0 Å². The summed E-state index contributed by atoms with van der Waals surface area (Å²) < 4.78 is 184. The van der Waals surface area contributed by atoms with E-state index < -0.39 is 93.4 Å². The molecule has 0 saturated heterocycles. The molecule has 6 nitrogen and oxygen atoms in total. The molecule has 0 unspecified atom stereocenters. The first kappa shape index (κ1) is 37.7. The predicted molar refractivity (Wildman–Crippen MR) is 142 cm³/mol. The first-order valence-corrected chi connectivity index (χ1v) is 13.1. The highest BCUT2D eigenvalue weighted by Gasteiger charge is 2.73. The van der Waals surface area contributed by atoms with Crippen molar-refractivity contribution in [3.8, 4) is 11.5 Å². The lowest BCUT2D eigenvalue weighted by Gasteiger charge is -2.31. The van der Waals surface area contributed by atoms with Crippen molar-refractivity contribution in [3.05, 3.63) is 82.2 Å². The second-order valence-electron chi connectivity index (χ2n) is 9.75. The Hall–Kier alpha value is -4.71. The van der Waals surface area contributed by atoms with E-state index in [1.54, 1.807) is 0 Å². The summed E-state index contributed by atoms with van der Waals surface area (Å²) >= 11 is 0. The number of methoxy groups -OCH3 is 1. The van der Waals surface area contributed by atoms with Crippen LogP contribution in [0.5, 0.6) is 11.5 Å². The van der Waals surface area contributed by atoms with E-state index in [0.29, 0.717) is 6.07 Å². The number of alkyl halides is 12. The zero-order valence-corrected chi connectivity index (χ0v) is 24.4. The zero-order chi connectivity index (χ0) is 36.6. The van der Waals surface area contributed by atoms with Crippen LogP contribution < -0.4 is 19.7 Å². The number of rotatable bonds is 9. The third kappa shape index (κ3) is 7.23. The molecule has 0 aliphatic carbocycles. The Labute approximate surface area is 262 Å². The van der Waals surface area contributed by atoms with Crippen LogP contribution in [0, 0.1) is 12.7 Å². The van der Waals surface area contributed by atoms with Crippen molar-refractivity contribution in [2.45, 2.75) is 44.7 Å². The maximum atomic E-state index is 14.7. The molecule has 0 heterocycles. The fourth-order valence-corrected chi connectivity index (χ4v) is 4.56. The number of halogens is 13. The summed E-state index contributed by atoms with van der Waals surface area (Å²) in [6, 6.07) is 4.46. The van der Waals surface area contributed by atoms with Crippen LogP contribution in [0.15, 0.2) is 48.5 Å². The monoisotopic (exact) mass is 708 g/mol. The largest absolute Gasteiger partial charge is 0.494 e. The Kier molecular flexibility index (Phi) is 10.6. The van der Waals surface area contributed by atoms with Gasteiger partial charge in [0, 0.05) is 17.7 Å². The average molecular weight is 708 g/mol. The number of benzene rings is 3. The van der Waals surface area contributed by atoms with Crippen LogP contribution in [0.3, 0.4) is 0 Å². The van der Waals surface area contributed by atoms with Crippen molar-refractivity contribution in [1.29, 1.82) is 0 Å². The topological polar surface area (TPSA) is 67.9 Å². The van der Waals surface area contributed by atoms with Crippen LogP contribution in [-0.4, -0.2) is 44.4 Å². The number of aryl methyl sites for hydroxylation is 1. The molecule has 3 aromatic rings. The lowest BCUT2D eigenvalue weighted by molar-refractivity contribution is -0.348. The van der Waals surface area contributed by atoms with E-state index in [-0.39, 0.29) is 30.4 Å². The third-order valence-electron chi connectivity index (χ3n) is 6.75. The Morgan fingerprint density at radius 1 is 0.896 bits per heavy atom. The van der Waals surface area contributed by atoms with Gasteiger partial charge in [0.25, 0.3) is 11.8 Å². The van der Waals surface area contributed by atoms with Crippen LogP contribution in [-0.2, 0) is 11.8 Å². The van der Waals surface area contributed by atoms with Crippen molar-refractivity contribution in [1.82, 2.24) is 0 Å². The van der Waals surface area contributed by atoms with Crippen molar-refractivity contribution < 1.29 is 76.1 Å². The third-order valence-corrected chi connectivity index (χ3v) is 6.75. The van der Waals surface area contributed by atoms with Gasteiger partial charge in [-0.1, -0.05) is 6.07 Å². The molecule has 1 N–H and O–H groups in total. The smallest absolute Gasteiger partial charge is 0.435 e. The van der Waals surface area contributed by atoms with Gasteiger partial charge in [0.1, 0.15) is 11.6 Å². The molecule has 3 aromatic carbocycles. The summed E-state index contributed by atoms with van der Waals surface area (Å²) in [6.45, 7) is -2.04. The lowest BCUT2D eigenvalue weighted by Crippen LogP contribution is -2.50. The van der Waals surface area contributed by atoms with E-state index in [4.69, 9.17) is 4.74 Å². The summed E-state index contributed by atoms with van der Waals surface area (Å²) in [7, 11) is 0.980. The molecule has 0 aromatic heterocycles. The molecule has 0 saturated carbocycles. The fraction of sp³-hybridized carbons (Fsp3) is 0.310. The molecule has 0 atom stereocenters. The van der Waals surface area contributed by atoms with E-state index in [1.165, 1.54) is 13.0 Å². The highest BCUT2D eigenvalue weighted by Crippen LogP contribution is 2.54. The van der Waals surface area contributed by atoms with Gasteiger partial charge < -0.3 is 19.7 Å². The average Bonchev–Trinajstić information content (AvgIpc) is 2.96. The van der Waals surface area contributed by atoms with Crippen LogP contribution >= 0.6 is 0 Å². The molecule has 48 heavy (non-hydrogen) atoms. The fourth-order valence-electron chi connectivity index (χ4n) is 4.56. The number of para-hydroxylation sites is 1. The molecule has 3 rings (SSSR count). The van der Waals surface area contributed by atoms with Crippen molar-refractivity contribution >= 4 is 23.2 Å². The van der Waals surface area contributed by atoms with Crippen LogP contribution in [0.1, 0.15) is 44.3 Å². The number of carbonyl (C=O) groups excluding carboxylic acids is 2. The summed E-state index contributed by atoms with van der Waals surface area (Å²) in [5.74, 6) is -6.06. The van der Waals surface area contributed by atoms with Gasteiger partial charge in [0.2, 0.25) is 0 Å². The first-order chi connectivity index (χ1) is 22.0. The number of nitrogens with zero attached hydrogens (tertiary/aromatic N) is 1. The number of nitrogens with one attached hydrogen (secondary N) is 1. The number of amides is 2. The summed E-state index contributed by atoms with van der Waals surface area (Å²) in [5, 5.41) is 1.97. The number of hydrogen-bond acceptors (Lipinski definition) is 4. The van der Waals surface area contributed by atoms with Gasteiger partial charge in [-0.2, -0.15) is 48.3 Å². The minimum absolute atomic E-state index is 0.0119. The highest BCUT2D eigenvalue weighted by atomic mass is 19.4. The van der Waals surface area contributed by atoms with Crippen LogP contribution in [0.25, 0.3) is 0 Å². The minimum atomic E-state index is -6.61. The second kappa shape index (κ2) is 13.4. The van der Waals surface area contributed by atoms with E-state index >= 15 is 0 Å². The van der Waals surface area contributed by atoms with Crippen molar-refractivity contribution in [2.75, 3.05) is 23.9 Å². The van der Waals surface area contributed by atoms with Gasteiger partial charge in [-0.25, -0.2) is 8.78 Å². The van der Waals surface area contributed by atoms with Gasteiger partial charge in [-0.05, 0) is 61.9 Å². The number of hydrogen-bond donors (Lipinski definition) is 1. The van der Waals surface area contributed by atoms with Gasteiger partial charge >= 0.3 is 30.8 Å². The maximum absolute atomic E-state index is 14.7. The highest BCUT2D eigenvalue weighted by molar-refractivity contribution is 6.11. The van der Waals surface area contributed by atoms with E-state index in [2.05, 4.69) is 4.74 Å². The molecule has 0 spiro atoms. The Balaban J connectivity index is 2.12. The maximum Gasteiger partial charge on any atom is 0.435 e. The predicted octanol–water partition coefficient (Wildman–Crippen LogP) is 8.97. The Morgan fingerprint density at radius 2 is 1.50 bits per heavy atom. The molecular weight excluding hydrogens is 687 g/mol. The zero-order valence-electron chi connectivity index (χ0n) is 24.4. The lowest BCUT2D eigenvalue weighted by atomic mass is 9.92. The first-order valence-electron chi connectivity index (χ1n) is 13.1. The standard InChI is InChI=1S/C29H21F13N2O4/c1-4-44(24(46)14-8-9-18(30)17(11-14)27(34,35)36)19-7-5-6-16(22(19)47-3)23(45)43-21-13(2)10-15(12-20(21)48-25(31)32)26(33,28(37,38)39)29(40,41)42/h5-12,25H,4H2,1-3H3,(H,43,45). The quantitative estimate of drug-likeness (QED) is 0.226. The molecule has 2 amide bonds. The molecule has 0 fully saturated rings. The van der Waals surface area contributed by atoms with Crippen molar-refractivity contribution in [2.24, 2.45) is 0 Å². The molecule has 19 heteroatoms. The van der Waals surface area contributed by atoms with Crippen LogP contribution in [0.2, 0.25) is 0 Å². The molecule has 0 bridgehead atoms. The van der Waals surface area contributed by atoms with Gasteiger partial charge in [-0.3, -0.25) is 9.59 Å². The van der Waals surface area contributed by atoms with E-state index in [9.17, 15) is 66.7 Å². The Morgan fingerprint density at radius 3 is 2.00 bits per heavy atom. The van der Waals surface area contributed by atoms with Gasteiger partial charge in [0.15, 0.2) is 5.75 Å². The van der Waals surface area contributed by atoms with Crippen LogP contribution in [0.4, 0.5) is 68.5 Å². The van der Waals surface area contributed by atoms with Gasteiger partial charge in [0.05, 0.1) is 29.6 Å².